The van der Waals surface area contributed by atoms with Gasteiger partial charge in [0.1, 0.15) is 0 Å². The van der Waals surface area contributed by atoms with Crippen LogP contribution in [0.25, 0.3) is 0 Å². The van der Waals surface area contributed by atoms with Crippen molar-refractivity contribution in [1.29, 1.82) is 0 Å². The van der Waals surface area contributed by atoms with Gasteiger partial charge < -0.3 is 0 Å². The summed E-state index contributed by atoms with van der Waals surface area (Å²) >= 11 is -1.78. The van der Waals surface area contributed by atoms with Gasteiger partial charge in [0.25, 0.3) is 0 Å². The van der Waals surface area contributed by atoms with E-state index in [2.05, 4.69) is 13.8 Å². The molecule has 4 heteroatoms. The van der Waals surface area contributed by atoms with Crippen molar-refractivity contribution in [2.45, 2.75) is 32.2 Å². The molecule has 0 aromatic rings. The Balaban J connectivity index is 4.38. The average molecular weight is 223 g/mol. The summed E-state index contributed by atoms with van der Waals surface area (Å²) in [4.78, 5) is 0. The molecule has 0 fully saturated rings. The summed E-state index contributed by atoms with van der Waals surface area (Å²) in [5.41, 5.74) is 17.0. The molecular formula is C9H25N3Ti. The van der Waals surface area contributed by atoms with Crippen LogP contribution in [0.3, 0.4) is 0 Å². The molecule has 0 saturated heterocycles. The summed E-state index contributed by atoms with van der Waals surface area (Å²) in [6.45, 7) is 7.09. The Labute approximate surface area is 85.8 Å². The van der Waals surface area contributed by atoms with E-state index in [1.54, 1.807) is 0 Å². The Hall–Kier alpha value is 0.594. The Kier molecular flexibility index (Phi) is 7.28. The van der Waals surface area contributed by atoms with E-state index in [0.717, 1.165) is 23.9 Å². The zero-order valence-corrected chi connectivity index (χ0v) is 10.6. The van der Waals surface area contributed by atoms with Gasteiger partial charge in [-0.1, -0.05) is 0 Å². The van der Waals surface area contributed by atoms with Gasteiger partial charge in [-0.25, -0.2) is 0 Å². The minimum absolute atomic E-state index is 0.802. The van der Waals surface area contributed by atoms with Crippen LogP contribution >= 0.6 is 0 Å². The molecule has 0 aromatic carbocycles. The quantitative estimate of drug-likeness (QED) is 0.565. The minimum atomic E-state index is -1.78. The molecule has 0 amide bonds. The van der Waals surface area contributed by atoms with Crippen molar-refractivity contribution < 1.29 is 16.6 Å². The van der Waals surface area contributed by atoms with Gasteiger partial charge in [-0.2, -0.15) is 0 Å². The van der Waals surface area contributed by atoms with E-state index in [-0.39, 0.29) is 0 Å². The van der Waals surface area contributed by atoms with E-state index < -0.39 is 16.6 Å². The molecule has 0 aliphatic heterocycles. The standard InChI is InChI=1S/C3H7.3C2H6N.Ti/c1-3-2;3*1-2-3;/h3H,1-2H3;3*1-3H2;. The molecule has 0 saturated carbocycles. The Morgan fingerprint density at radius 3 is 1.31 bits per heavy atom. The van der Waals surface area contributed by atoms with Gasteiger partial charge in [0.15, 0.2) is 0 Å². The maximum absolute atomic E-state index is 5.68. The topological polar surface area (TPSA) is 78.1 Å². The van der Waals surface area contributed by atoms with Crippen molar-refractivity contribution in [3.8, 4) is 0 Å². The van der Waals surface area contributed by atoms with E-state index in [1.165, 1.54) is 14.2 Å². The first-order valence-electron chi connectivity index (χ1n) is 5.23. The third-order valence-corrected chi connectivity index (χ3v) is 13.0. The normalized spacial score (nSPS) is 12.5. The van der Waals surface area contributed by atoms with Crippen LogP contribution in [0, 0.1) is 0 Å². The van der Waals surface area contributed by atoms with Crippen molar-refractivity contribution >= 4 is 0 Å². The fourth-order valence-corrected chi connectivity index (χ4v) is 8.67. The molecule has 0 bridgehead atoms. The number of nitrogens with two attached hydrogens (primary N) is 3. The first-order valence-corrected chi connectivity index (χ1v) is 9.44. The first-order chi connectivity index (χ1) is 6.13. The summed E-state index contributed by atoms with van der Waals surface area (Å²) in [6, 6.07) is 0. The van der Waals surface area contributed by atoms with Gasteiger partial charge in [-0.05, 0) is 0 Å². The van der Waals surface area contributed by atoms with Gasteiger partial charge in [-0.15, -0.1) is 0 Å². The molecule has 80 valence electrons. The molecule has 0 aliphatic rings. The molecule has 0 aliphatic carbocycles. The summed E-state index contributed by atoms with van der Waals surface area (Å²) in [6.07, 6.45) is 0. The van der Waals surface area contributed by atoms with Gasteiger partial charge >= 0.3 is 85.7 Å². The van der Waals surface area contributed by atoms with Crippen LogP contribution in [-0.2, 0) is 16.6 Å². The van der Waals surface area contributed by atoms with Gasteiger partial charge in [0.05, 0.1) is 0 Å². The Morgan fingerprint density at radius 2 is 1.15 bits per heavy atom. The van der Waals surface area contributed by atoms with Crippen molar-refractivity contribution in [2.24, 2.45) is 17.2 Å². The monoisotopic (exact) mass is 223 g/mol. The Morgan fingerprint density at radius 1 is 0.846 bits per heavy atom. The number of rotatable bonds is 7. The van der Waals surface area contributed by atoms with Gasteiger partial charge in [-0.3, -0.25) is 0 Å². The zero-order valence-electron chi connectivity index (χ0n) is 9.05. The molecule has 13 heavy (non-hydrogen) atoms. The molecule has 3 nitrogen and oxygen atoms in total. The maximum atomic E-state index is 5.68. The zero-order chi connectivity index (χ0) is 10.3. The van der Waals surface area contributed by atoms with Crippen LogP contribution in [0.15, 0.2) is 0 Å². The van der Waals surface area contributed by atoms with Crippen LogP contribution in [0.5, 0.6) is 0 Å². The fraction of sp³-hybridized carbons (Fsp3) is 1.00. The van der Waals surface area contributed by atoms with Gasteiger partial charge in [0, 0.05) is 0 Å². The molecule has 0 spiro atoms. The number of hydrogen-bond donors (Lipinski definition) is 3. The van der Waals surface area contributed by atoms with Crippen LogP contribution in [-0.4, -0.2) is 19.6 Å². The number of hydrogen-bond acceptors (Lipinski definition) is 3. The van der Waals surface area contributed by atoms with Crippen molar-refractivity contribution in [2.75, 3.05) is 19.6 Å². The van der Waals surface area contributed by atoms with Crippen molar-refractivity contribution in [1.82, 2.24) is 0 Å². The van der Waals surface area contributed by atoms with E-state index in [0.29, 0.717) is 0 Å². The van der Waals surface area contributed by atoms with Crippen LogP contribution < -0.4 is 17.2 Å². The fourth-order valence-electron chi connectivity index (χ4n) is 2.10. The van der Waals surface area contributed by atoms with Crippen LogP contribution in [0.1, 0.15) is 13.8 Å². The second-order valence-corrected chi connectivity index (χ2v) is 12.5. The molecule has 0 rings (SSSR count). The summed E-state index contributed by atoms with van der Waals surface area (Å²) < 4.78 is 4.49. The average Bonchev–Trinajstić information content (AvgIpc) is 2.05. The SMILES string of the molecule is C[CH](C)[Ti]([CH2]CN)([CH2]CN)[CH2]CN. The third kappa shape index (κ3) is 4.09. The van der Waals surface area contributed by atoms with E-state index in [4.69, 9.17) is 17.2 Å². The molecule has 6 N–H and O–H groups in total. The van der Waals surface area contributed by atoms with Crippen molar-refractivity contribution in [3.63, 3.8) is 0 Å². The first kappa shape index (κ1) is 13.6. The molecule has 0 heterocycles. The molecule has 0 atom stereocenters. The molecule has 0 aromatic heterocycles. The van der Waals surface area contributed by atoms with Crippen LogP contribution in [0.2, 0.25) is 18.4 Å². The predicted molar refractivity (Wildman–Crippen MR) is 56.7 cm³/mol. The molecule has 0 radical (unpaired) electrons. The third-order valence-electron chi connectivity index (χ3n) is 3.15. The predicted octanol–water partition coefficient (Wildman–Crippen LogP) is 1.10. The second kappa shape index (κ2) is 6.96. The van der Waals surface area contributed by atoms with E-state index >= 15 is 0 Å². The molecular weight excluding hydrogens is 198 g/mol. The van der Waals surface area contributed by atoms with E-state index in [9.17, 15) is 0 Å². The molecule has 0 unspecified atom stereocenters. The summed E-state index contributed by atoms with van der Waals surface area (Å²) in [5.74, 6) is 0. The summed E-state index contributed by atoms with van der Waals surface area (Å²) in [7, 11) is 0. The Bertz CT molecular complexity index is 111. The van der Waals surface area contributed by atoms with Crippen LogP contribution in [0.4, 0.5) is 0 Å². The second-order valence-electron chi connectivity index (χ2n) is 4.13. The summed E-state index contributed by atoms with van der Waals surface area (Å²) in [5, 5.41) is 0. The van der Waals surface area contributed by atoms with E-state index in [1.807, 2.05) is 0 Å². The van der Waals surface area contributed by atoms with Crippen molar-refractivity contribution in [3.05, 3.63) is 0 Å². The van der Waals surface area contributed by atoms with Gasteiger partial charge in [0.2, 0.25) is 0 Å².